The van der Waals surface area contributed by atoms with Gasteiger partial charge in [0.1, 0.15) is 5.82 Å². The fraction of sp³-hybridized carbons (Fsp3) is 0.615. The van der Waals surface area contributed by atoms with Gasteiger partial charge in [-0.1, -0.05) is 26.2 Å². The highest BCUT2D eigenvalue weighted by Crippen LogP contribution is 2.37. The minimum absolute atomic E-state index is 0.396. The third-order valence-electron chi connectivity index (χ3n) is 3.83. The number of nitrogens with zero attached hydrogens (tertiary/aromatic N) is 1. The first-order valence-corrected chi connectivity index (χ1v) is 7.74. The number of nitrogen functional groups attached to an aromatic ring is 1. The van der Waals surface area contributed by atoms with Gasteiger partial charge in [-0.2, -0.15) is 0 Å². The molecule has 0 spiro atoms. The second kappa shape index (κ2) is 6.63. The van der Waals surface area contributed by atoms with Crippen molar-refractivity contribution in [2.45, 2.75) is 49.2 Å². The van der Waals surface area contributed by atoms with E-state index in [0.29, 0.717) is 16.5 Å². The number of hydrogen-bond acceptors (Lipinski definition) is 5. The predicted octanol–water partition coefficient (Wildman–Crippen LogP) is 1.40. The lowest BCUT2D eigenvalue weighted by molar-refractivity contribution is 0.357. The normalized spacial score (nSPS) is 18.3. The summed E-state index contributed by atoms with van der Waals surface area (Å²) >= 11 is 1.70. The van der Waals surface area contributed by atoms with E-state index in [2.05, 4.69) is 11.9 Å². The highest BCUT2D eigenvalue weighted by molar-refractivity contribution is 8.00. The topological polar surface area (TPSA) is 79.4 Å². The first-order valence-electron chi connectivity index (χ1n) is 6.86. The second-order valence-corrected chi connectivity index (χ2v) is 6.67. The molecule has 0 bridgehead atoms. The van der Waals surface area contributed by atoms with Crippen molar-refractivity contribution in [2.24, 2.45) is 5.92 Å². The Morgan fingerprint density at radius 2 is 2.05 bits per heavy atom. The van der Waals surface area contributed by atoms with Crippen LogP contribution in [-0.2, 0) is 0 Å². The third-order valence-corrected chi connectivity index (χ3v) is 5.17. The Morgan fingerprint density at radius 1 is 1.37 bits per heavy atom. The van der Waals surface area contributed by atoms with Crippen molar-refractivity contribution in [1.29, 1.82) is 0 Å². The summed E-state index contributed by atoms with van der Waals surface area (Å²) in [6.07, 6.45) is 7.96. The Labute approximate surface area is 119 Å². The smallest absolute Gasteiger partial charge is 0.423 e. The number of hydrogen-bond donors (Lipinski definition) is 3. The molecule has 0 radical (unpaired) electrons. The van der Waals surface area contributed by atoms with E-state index in [9.17, 15) is 10.0 Å². The highest BCUT2D eigenvalue weighted by Gasteiger charge is 2.22. The zero-order valence-corrected chi connectivity index (χ0v) is 12.1. The molecule has 1 atom stereocenters. The molecule has 4 nitrogen and oxygen atoms in total. The molecule has 0 saturated heterocycles. The van der Waals surface area contributed by atoms with Crippen LogP contribution in [0.1, 0.15) is 39.0 Å². The van der Waals surface area contributed by atoms with Gasteiger partial charge in [0.2, 0.25) is 0 Å². The Bertz CT molecular complexity index is 425. The van der Waals surface area contributed by atoms with Crippen LogP contribution < -0.4 is 11.2 Å². The second-order valence-electron chi connectivity index (χ2n) is 5.25. The molecule has 1 fully saturated rings. The van der Waals surface area contributed by atoms with Crippen LogP contribution in [0, 0.1) is 5.92 Å². The lowest BCUT2D eigenvalue weighted by atomic mass is 9.82. The van der Waals surface area contributed by atoms with Crippen molar-refractivity contribution in [3.05, 3.63) is 12.3 Å². The fourth-order valence-electron chi connectivity index (χ4n) is 2.61. The lowest BCUT2D eigenvalue weighted by Crippen LogP contribution is -2.30. The van der Waals surface area contributed by atoms with Crippen molar-refractivity contribution < 1.29 is 10.0 Å². The Morgan fingerprint density at radius 3 is 2.68 bits per heavy atom. The van der Waals surface area contributed by atoms with Gasteiger partial charge < -0.3 is 15.8 Å². The first kappa shape index (κ1) is 14.7. The van der Waals surface area contributed by atoms with Crippen molar-refractivity contribution in [3.8, 4) is 0 Å². The number of aromatic nitrogens is 1. The number of anilines is 1. The summed E-state index contributed by atoms with van der Waals surface area (Å²) < 4.78 is 0. The van der Waals surface area contributed by atoms with Gasteiger partial charge in [-0.3, -0.25) is 0 Å². The van der Waals surface area contributed by atoms with Gasteiger partial charge in [0.15, 0.2) is 0 Å². The quantitative estimate of drug-likeness (QED) is 0.574. The maximum Gasteiger partial charge on any atom is 0.490 e. The van der Waals surface area contributed by atoms with Gasteiger partial charge in [0, 0.05) is 21.8 Å². The van der Waals surface area contributed by atoms with Gasteiger partial charge in [0.05, 0.1) is 0 Å². The maximum atomic E-state index is 9.19. The molecular formula is C13H21BN2O2S. The molecule has 1 aliphatic carbocycles. The molecule has 4 N–H and O–H groups in total. The largest absolute Gasteiger partial charge is 0.490 e. The van der Waals surface area contributed by atoms with Gasteiger partial charge in [-0.15, -0.1) is 11.8 Å². The summed E-state index contributed by atoms with van der Waals surface area (Å²) in [6.45, 7) is 2.22. The van der Waals surface area contributed by atoms with Crippen LogP contribution >= 0.6 is 11.8 Å². The summed E-state index contributed by atoms with van der Waals surface area (Å²) in [5, 5.41) is 18.9. The van der Waals surface area contributed by atoms with Crippen LogP contribution in [0.15, 0.2) is 17.2 Å². The van der Waals surface area contributed by atoms with E-state index in [-0.39, 0.29) is 0 Å². The Kier molecular flexibility index (Phi) is 5.13. The molecule has 2 rings (SSSR count). The molecule has 19 heavy (non-hydrogen) atoms. The minimum Gasteiger partial charge on any atom is -0.423 e. The van der Waals surface area contributed by atoms with Crippen molar-refractivity contribution >= 4 is 30.2 Å². The van der Waals surface area contributed by atoms with E-state index in [1.54, 1.807) is 17.8 Å². The van der Waals surface area contributed by atoms with Crippen LogP contribution in [0.3, 0.4) is 0 Å². The minimum atomic E-state index is -1.49. The Balaban J connectivity index is 2.06. The molecule has 1 aromatic rings. The van der Waals surface area contributed by atoms with E-state index in [4.69, 9.17) is 5.73 Å². The number of thioether (sulfide) groups is 1. The van der Waals surface area contributed by atoms with E-state index >= 15 is 0 Å². The van der Waals surface area contributed by atoms with Gasteiger partial charge >= 0.3 is 7.12 Å². The molecule has 0 aliphatic heterocycles. The average molecular weight is 280 g/mol. The summed E-state index contributed by atoms with van der Waals surface area (Å²) in [4.78, 5) is 4.89. The molecule has 1 unspecified atom stereocenters. The highest BCUT2D eigenvalue weighted by atomic mass is 32.2. The standard InChI is InChI=1S/C13H21BN2O2S/c1-9(10-5-3-2-4-6-10)19-12-7-11(14(17)18)8-16-13(12)15/h7-10,17-18H,2-6H2,1H3,(H2,15,16). The zero-order valence-electron chi connectivity index (χ0n) is 11.2. The number of pyridine rings is 1. The van der Waals surface area contributed by atoms with Gasteiger partial charge in [0.25, 0.3) is 0 Å². The van der Waals surface area contributed by atoms with Crippen molar-refractivity contribution in [3.63, 3.8) is 0 Å². The van der Waals surface area contributed by atoms with Crippen LogP contribution in [0.2, 0.25) is 0 Å². The third kappa shape index (κ3) is 3.87. The molecule has 6 heteroatoms. The molecule has 0 aromatic carbocycles. The molecule has 1 heterocycles. The van der Waals surface area contributed by atoms with Crippen LogP contribution in [0.4, 0.5) is 5.82 Å². The number of rotatable bonds is 4. The molecular weight excluding hydrogens is 259 g/mol. The van der Waals surface area contributed by atoms with Crippen LogP contribution in [0.5, 0.6) is 0 Å². The number of nitrogens with two attached hydrogens (primary N) is 1. The van der Waals surface area contributed by atoms with Crippen LogP contribution in [0.25, 0.3) is 0 Å². The summed E-state index contributed by atoms with van der Waals surface area (Å²) in [7, 11) is -1.49. The van der Waals surface area contributed by atoms with Gasteiger partial charge in [-0.25, -0.2) is 4.98 Å². The molecule has 104 valence electrons. The van der Waals surface area contributed by atoms with Crippen molar-refractivity contribution in [1.82, 2.24) is 4.98 Å². The predicted molar refractivity (Wildman–Crippen MR) is 80.4 cm³/mol. The summed E-state index contributed by atoms with van der Waals surface area (Å²) in [5.41, 5.74) is 6.27. The molecule has 0 amide bonds. The first-order chi connectivity index (χ1) is 9.08. The van der Waals surface area contributed by atoms with Gasteiger partial charge in [-0.05, 0) is 24.8 Å². The van der Waals surface area contributed by atoms with Crippen molar-refractivity contribution in [2.75, 3.05) is 5.73 Å². The molecule has 1 aromatic heterocycles. The fourth-order valence-corrected chi connectivity index (χ4v) is 3.85. The lowest BCUT2D eigenvalue weighted by Gasteiger charge is -2.27. The Hall–Kier alpha value is -0.715. The summed E-state index contributed by atoms with van der Waals surface area (Å²) in [6, 6.07) is 1.73. The van der Waals surface area contributed by atoms with E-state index in [0.717, 1.165) is 10.8 Å². The maximum absolute atomic E-state index is 9.19. The molecule has 1 saturated carbocycles. The van der Waals surface area contributed by atoms with E-state index in [1.807, 2.05) is 0 Å². The SMILES string of the molecule is CC(Sc1cc(B(O)O)cnc1N)C1CCCCC1. The molecule has 1 aliphatic rings. The van der Waals surface area contributed by atoms with E-state index in [1.165, 1.54) is 38.3 Å². The van der Waals surface area contributed by atoms with E-state index < -0.39 is 7.12 Å². The average Bonchev–Trinajstić information content (AvgIpc) is 2.42. The summed E-state index contributed by atoms with van der Waals surface area (Å²) in [5.74, 6) is 1.19. The zero-order chi connectivity index (χ0) is 13.8. The monoisotopic (exact) mass is 280 g/mol. The van der Waals surface area contributed by atoms with Crippen LogP contribution in [-0.4, -0.2) is 27.4 Å².